The van der Waals surface area contributed by atoms with E-state index in [1.165, 1.54) is 18.2 Å². The Morgan fingerprint density at radius 2 is 1.89 bits per heavy atom. The maximum absolute atomic E-state index is 13.5. The van der Waals surface area contributed by atoms with Crippen molar-refractivity contribution in [3.8, 4) is 0 Å². The molecule has 2 rings (SSSR count). The number of primary sulfonamides is 1. The molecule has 2 unspecified atom stereocenters. The molecule has 0 radical (unpaired) electrons. The molecule has 0 amide bonds. The highest BCUT2D eigenvalue weighted by Gasteiger charge is 2.28. The first kappa shape index (κ1) is 14.4. The second-order valence-corrected chi connectivity index (χ2v) is 6.64. The van der Waals surface area contributed by atoms with Crippen molar-refractivity contribution < 1.29 is 17.2 Å². The Bertz CT molecular complexity index is 535. The minimum atomic E-state index is -3.55. The molecule has 7 heteroatoms. The highest BCUT2D eigenvalue weighted by molar-refractivity contribution is 7.89. The molecule has 1 aliphatic heterocycles. The van der Waals surface area contributed by atoms with Crippen LogP contribution in [0.3, 0.4) is 0 Å². The molecule has 0 bridgehead atoms. The van der Waals surface area contributed by atoms with Crippen LogP contribution in [0.15, 0.2) is 18.2 Å². The lowest BCUT2D eigenvalue weighted by molar-refractivity contribution is 0.387. The normalized spacial score (nSPS) is 24.4. The summed E-state index contributed by atoms with van der Waals surface area (Å²) < 4.78 is 49.3. The van der Waals surface area contributed by atoms with Crippen molar-refractivity contribution in [1.29, 1.82) is 0 Å². The minimum absolute atomic E-state index is 0.0362. The summed E-state index contributed by atoms with van der Waals surface area (Å²) in [4.78, 5) is 0. The van der Waals surface area contributed by atoms with E-state index in [2.05, 4.69) is 5.32 Å². The number of sulfonamides is 1. The van der Waals surface area contributed by atoms with Gasteiger partial charge in [-0.3, -0.25) is 0 Å². The van der Waals surface area contributed by atoms with Crippen LogP contribution in [-0.4, -0.2) is 26.3 Å². The van der Waals surface area contributed by atoms with E-state index in [1.54, 1.807) is 0 Å². The fourth-order valence-corrected chi connectivity index (χ4v) is 3.11. The summed E-state index contributed by atoms with van der Waals surface area (Å²) in [5, 5.41) is 7.44. The van der Waals surface area contributed by atoms with Gasteiger partial charge >= 0.3 is 0 Å². The van der Waals surface area contributed by atoms with Gasteiger partial charge in [-0.2, -0.15) is 0 Å². The average molecular weight is 290 g/mol. The molecule has 0 spiro atoms. The lowest BCUT2D eigenvalue weighted by Crippen LogP contribution is -2.47. The summed E-state index contributed by atoms with van der Waals surface area (Å²) >= 11 is 0. The van der Waals surface area contributed by atoms with Crippen LogP contribution >= 0.6 is 0 Å². The molecule has 0 saturated carbocycles. The maximum Gasteiger partial charge on any atom is 0.213 e. The van der Waals surface area contributed by atoms with Gasteiger partial charge in [0.1, 0.15) is 11.6 Å². The summed E-state index contributed by atoms with van der Waals surface area (Å²) in [5.41, 5.74) is 0.0362. The summed E-state index contributed by atoms with van der Waals surface area (Å²) in [5.74, 6) is -1.15. The van der Waals surface area contributed by atoms with Crippen molar-refractivity contribution in [3.05, 3.63) is 35.4 Å². The topological polar surface area (TPSA) is 72.2 Å². The third kappa shape index (κ3) is 3.49. The molecule has 4 nitrogen and oxygen atoms in total. The van der Waals surface area contributed by atoms with Crippen molar-refractivity contribution in [1.82, 2.24) is 5.32 Å². The van der Waals surface area contributed by atoms with Gasteiger partial charge in [0, 0.05) is 18.2 Å². The first-order chi connectivity index (χ1) is 8.88. The zero-order chi connectivity index (χ0) is 14.0. The second-order valence-electron chi connectivity index (χ2n) is 4.80. The first-order valence-corrected chi connectivity index (χ1v) is 7.66. The molecule has 1 aliphatic rings. The molecule has 1 saturated heterocycles. The van der Waals surface area contributed by atoms with Gasteiger partial charge in [0.25, 0.3) is 0 Å². The SMILES string of the molecule is NS(=O)(=O)C1CCC(Cc2c(F)cccc2F)NC1. The van der Waals surface area contributed by atoms with Crippen molar-refractivity contribution in [2.75, 3.05) is 6.54 Å². The fraction of sp³-hybridized carbons (Fsp3) is 0.500. The van der Waals surface area contributed by atoms with Gasteiger partial charge in [-0.25, -0.2) is 22.3 Å². The fourth-order valence-electron chi connectivity index (χ4n) is 2.32. The minimum Gasteiger partial charge on any atom is -0.312 e. The van der Waals surface area contributed by atoms with Gasteiger partial charge in [0.2, 0.25) is 10.0 Å². The van der Waals surface area contributed by atoms with Crippen LogP contribution in [0.1, 0.15) is 18.4 Å². The Labute approximate surface area is 111 Å². The van der Waals surface area contributed by atoms with Gasteiger partial charge in [-0.1, -0.05) is 6.07 Å². The monoisotopic (exact) mass is 290 g/mol. The van der Waals surface area contributed by atoms with Gasteiger partial charge < -0.3 is 5.32 Å². The predicted octanol–water partition coefficient (Wildman–Crippen LogP) is 0.916. The Kier molecular flexibility index (Phi) is 4.17. The number of rotatable bonds is 3. The first-order valence-electron chi connectivity index (χ1n) is 6.06. The van der Waals surface area contributed by atoms with Gasteiger partial charge in [0.05, 0.1) is 5.25 Å². The molecule has 1 heterocycles. The largest absolute Gasteiger partial charge is 0.312 e. The number of piperidine rings is 1. The van der Waals surface area contributed by atoms with Gasteiger partial charge in [0.15, 0.2) is 0 Å². The average Bonchev–Trinajstić information content (AvgIpc) is 2.33. The van der Waals surface area contributed by atoms with Crippen LogP contribution in [0, 0.1) is 11.6 Å². The highest BCUT2D eigenvalue weighted by Crippen LogP contribution is 2.20. The molecule has 19 heavy (non-hydrogen) atoms. The van der Waals surface area contributed by atoms with Crippen LogP contribution in [0.2, 0.25) is 0 Å². The van der Waals surface area contributed by atoms with Gasteiger partial charge in [-0.15, -0.1) is 0 Å². The summed E-state index contributed by atoms with van der Waals surface area (Å²) in [6.45, 7) is 0.222. The maximum atomic E-state index is 13.5. The van der Waals surface area contributed by atoms with Crippen LogP contribution in [0.5, 0.6) is 0 Å². The third-order valence-corrected chi connectivity index (χ3v) is 4.78. The molecule has 1 fully saturated rings. The third-order valence-electron chi connectivity index (χ3n) is 3.45. The number of nitrogens with one attached hydrogen (secondary N) is 1. The Hall–Kier alpha value is -1.05. The van der Waals surface area contributed by atoms with E-state index in [-0.39, 0.29) is 24.6 Å². The molecule has 1 aromatic rings. The molecular formula is C12H16F2N2O2S. The molecule has 0 aliphatic carbocycles. The summed E-state index contributed by atoms with van der Waals surface area (Å²) in [6.07, 6.45) is 1.14. The zero-order valence-corrected chi connectivity index (χ0v) is 11.1. The molecule has 106 valence electrons. The molecule has 1 aromatic carbocycles. The van der Waals surface area contributed by atoms with Gasteiger partial charge in [-0.05, 0) is 31.4 Å². The molecular weight excluding hydrogens is 274 g/mol. The predicted molar refractivity (Wildman–Crippen MR) is 68.0 cm³/mol. The lowest BCUT2D eigenvalue weighted by Gasteiger charge is -2.28. The molecule has 2 atom stereocenters. The lowest BCUT2D eigenvalue weighted by atomic mass is 9.97. The number of halogens is 2. The smallest absolute Gasteiger partial charge is 0.213 e. The number of benzene rings is 1. The van der Waals surface area contributed by atoms with Crippen molar-refractivity contribution in [2.45, 2.75) is 30.6 Å². The molecule has 0 aromatic heterocycles. The van der Waals surface area contributed by atoms with E-state index in [9.17, 15) is 17.2 Å². The van der Waals surface area contributed by atoms with Crippen molar-refractivity contribution in [3.63, 3.8) is 0 Å². The standard InChI is InChI=1S/C12H16F2N2O2S/c13-11-2-1-3-12(14)10(11)6-8-4-5-9(7-16-8)19(15,17)18/h1-3,8-9,16H,4-7H2,(H2,15,17,18). The van der Waals surface area contributed by atoms with Crippen LogP contribution < -0.4 is 10.5 Å². The van der Waals surface area contributed by atoms with E-state index in [0.717, 1.165) is 0 Å². The summed E-state index contributed by atoms with van der Waals surface area (Å²) in [6, 6.07) is 3.62. The molecule has 3 N–H and O–H groups in total. The summed E-state index contributed by atoms with van der Waals surface area (Å²) in [7, 11) is -3.55. The quantitative estimate of drug-likeness (QED) is 0.869. The Morgan fingerprint density at radius 3 is 2.37 bits per heavy atom. The van der Waals surface area contributed by atoms with E-state index in [0.29, 0.717) is 12.8 Å². The van der Waals surface area contributed by atoms with Crippen molar-refractivity contribution in [2.24, 2.45) is 5.14 Å². The number of hydrogen-bond donors (Lipinski definition) is 2. The van der Waals surface area contributed by atoms with E-state index in [4.69, 9.17) is 5.14 Å². The Balaban J connectivity index is 2.00. The second kappa shape index (κ2) is 5.52. The highest BCUT2D eigenvalue weighted by atomic mass is 32.2. The van der Waals surface area contributed by atoms with Crippen LogP contribution in [0.25, 0.3) is 0 Å². The van der Waals surface area contributed by atoms with E-state index in [1.807, 2.05) is 0 Å². The van der Waals surface area contributed by atoms with Crippen LogP contribution in [-0.2, 0) is 16.4 Å². The Morgan fingerprint density at radius 1 is 1.26 bits per heavy atom. The van der Waals surface area contributed by atoms with Crippen molar-refractivity contribution >= 4 is 10.0 Å². The number of nitrogens with two attached hydrogens (primary N) is 1. The van der Waals surface area contributed by atoms with Crippen LogP contribution in [0.4, 0.5) is 8.78 Å². The van der Waals surface area contributed by atoms with E-state index >= 15 is 0 Å². The zero-order valence-electron chi connectivity index (χ0n) is 10.3. The number of hydrogen-bond acceptors (Lipinski definition) is 3. The van der Waals surface area contributed by atoms with E-state index < -0.39 is 26.9 Å².